The Morgan fingerprint density at radius 1 is 1.00 bits per heavy atom. The molecule has 6 nitrogen and oxygen atoms in total. The molecule has 0 saturated heterocycles. The number of fused-ring (bicyclic) bond motifs is 2. The summed E-state index contributed by atoms with van der Waals surface area (Å²) in [7, 11) is 0. The number of nitrogens with zero attached hydrogens (tertiary/aromatic N) is 2. The number of rotatable bonds is 7. The molecule has 0 unspecified atom stereocenters. The topological polar surface area (TPSA) is 69.9 Å². The summed E-state index contributed by atoms with van der Waals surface area (Å²) in [4.78, 5) is 32.5. The predicted molar refractivity (Wildman–Crippen MR) is 167 cm³/mol. The maximum Gasteiger partial charge on any atom is 0.338 e. The quantitative estimate of drug-likeness (QED) is 0.211. The van der Waals surface area contributed by atoms with Crippen LogP contribution in [0, 0.1) is 0 Å². The molecule has 6 rings (SSSR count). The minimum atomic E-state index is -0.780. The van der Waals surface area contributed by atoms with E-state index in [4.69, 9.17) is 21.1 Å². The first-order chi connectivity index (χ1) is 20.5. The van der Waals surface area contributed by atoms with Gasteiger partial charge in [-0.2, -0.15) is 0 Å². The van der Waals surface area contributed by atoms with Gasteiger partial charge >= 0.3 is 5.97 Å². The van der Waals surface area contributed by atoms with E-state index in [1.165, 1.54) is 11.3 Å². The molecule has 0 saturated carbocycles. The van der Waals surface area contributed by atoms with Gasteiger partial charge in [-0.05, 0) is 54.0 Å². The molecule has 0 fully saturated rings. The van der Waals surface area contributed by atoms with Crippen molar-refractivity contribution < 1.29 is 14.3 Å². The van der Waals surface area contributed by atoms with Crippen molar-refractivity contribution in [2.45, 2.75) is 26.5 Å². The molecule has 0 N–H and O–H groups in total. The molecule has 42 heavy (non-hydrogen) atoms. The fourth-order valence-electron chi connectivity index (χ4n) is 5.20. The normalized spacial score (nSPS) is 14.9. The molecular weight excluding hydrogens is 568 g/mol. The lowest BCUT2D eigenvalue weighted by Crippen LogP contribution is -2.40. The smallest absolute Gasteiger partial charge is 0.338 e. The van der Waals surface area contributed by atoms with Crippen LogP contribution in [-0.2, 0) is 16.1 Å². The van der Waals surface area contributed by atoms with E-state index in [-0.39, 0.29) is 12.2 Å². The van der Waals surface area contributed by atoms with Crippen molar-refractivity contribution in [2.24, 2.45) is 4.99 Å². The Balaban J connectivity index is 1.55. The molecule has 4 aromatic carbocycles. The third-order valence-electron chi connectivity index (χ3n) is 7.16. The molecule has 0 spiro atoms. The standard InChI is InChI=1S/C34H27ClN2O4S/c1-3-40-33(39)30-21(2)36-34-37(31(30)25-15-9-10-16-27(25)35)32(38)29(42-34)19-26-24-14-8-7-13-23(24)17-18-28(26)41-20-22-11-5-4-6-12-22/h4-19,31H,3,20H2,1-2H3/b29-19-/t31-/m0/s1. The monoisotopic (exact) mass is 594 g/mol. The molecule has 0 aliphatic carbocycles. The van der Waals surface area contributed by atoms with Crippen molar-refractivity contribution in [3.8, 4) is 5.75 Å². The van der Waals surface area contributed by atoms with E-state index in [2.05, 4.69) is 4.99 Å². The van der Waals surface area contributed by atoms with E-state index >= 15 is 0 Å². The van der Waals surface area contributed by atoms with Crippen molar-refractivity contribution in [1.82, 2.24) is 4.57 Å². The summed E-state index contributed by atoms with van der Waals surface area (Å²) in [5.41, 5.74) is 2.97. The number of aromatic nitrogens is 1. The number of allylic oxidation sites excluding steroid dienone is 1. The zero-order chi connectivity index (χ0) is 29.2. The summed E-state index contributed by atoms with van der Waals surface area (Å²) < 4.78 is 13.7. The lowest BCUT2D eigenvalue weighted by atomic mass is 9.96. The maximum absolute atomic E-state index is 14.2. The largest absolute Gasteiger partial charge is 0.488 e. The van der Waals surface area contributed by atoms with Crippen LogP contribution in [-0.4, -0.2) is 17.1 Å². The van der Waals surface area contributed by atoms with Crippen molar-refractivity contribution in [3.05, 3.63) is 144 Å². The average molecular weight is 595 g/mol. The number of esters is 1. The molecule has 210 valence electrons. The fraction of sp³-hybridized carbons (Fsp3) is 0.147. The number of hydrogen-bond acceptors (Lipinski definition) is 6. The van der Waals surface area contributed by atoms with Gasteiger partial charge in [-0.25, -0.2) is 9.79 Å². The van der Waals surface area contributed by atoms with E-state index in [0.717, 1.165) is 21.9 Å². The van der Waals surface area contributed by atoms with Crippen molar-refractivity contribution in [3.63, 3.8) is 0 Å². The molecular formula is C34H27ClN2O4S. The van der Waals surface area contributed by atoms with Gasteiger partial charge in [-0.3, -0.25) is 9.36 Å². The Morgan fingerprint density at radius 2 is 1.74 bits per heavy atom. The molecule has 1 atom stereocenters. The van der Waals surface area contributed by atoms with Crippen molar-refractivity contribution in [2.75, 3.05) is 6.61 Å². The molecule has 2 heterocycles. The second-order valence-corrected chi connectivity index (χ2v) is 11.2. The Morgan fingerprint density at radius 3 is 2.52 bits per heavy atom. The van der Waals surface area contributed by atoms with Gasteiger partial charge in [-0.1, -0.05) is 102 Å². The Labute approximate surface area is 251 Å². The van der Waals surface area contributed by atoms with Crippen LogP contribution in [0.2, 0.25) is 5.02 Å². The second-order valence-electron chi connectivity index (χ2n) is 9.80. The lowest BCUT2D eigenvalue weighted by Gasteiger charge is -2.25. The highest BCUT2D eigenvalue weighted by Crippen LogP contribution is 2.35. The van der Waals surface area contributed by atoms with Crippen LogP contribution in [0.25, 0.3) is 16.8 Å². The van der Waals surface area contributed by atoms with E-state index in [9.17, 15) is 9.59 Å². The number of carbonyl (C=O) groups is 1. The number of carbonyl (C=O) groups excluding carboxylic acids is 1. The summed E-state index contributed by atoms with van der Waals surface area (Å²) in [5, 5.41) is 2.43. The maximum atomic E-state index is 14.2. The van der Waals surface area contributed by atoms with E-state index in [0.29, 0.717) is 43.5 Å². The van der Waals surface area contributed by atoms with Crippen LogP contribution >= 0.6 is 22.9 Å². The Bertz CT molecular complexity index is 2030. The van der Waals surface area contributed by atoms with E-state index in [1.807, 2.05) is 91.0 Å². The number of thiazole rings is 1. The Hall–Kier alpha value is -4.46. The number of halogens is 1. The van der Waals surface area contributed by atoms with Gasteiger partial charge in [0.2, 0.25) is 0 Å². The first-order valence-electron chi connectivity index (χ1n) is 13.6. The summed E-state index contributed by atoms with van der Waals surface area (Å²) >= 11 is 7.90. The first kappa shape index (κ1) is 27.7. The highest BCUT2D eigenvalue weighted by Gasteiger charge is 2.34. The zero-order valence-electron chi connectivity index (χ0n) is 23.0. The van der Waals surface area contributed by atoms with E-state index in [1.54, 1.807) is 24.5 Å². The molecule has 0 radical (unpaired) electrons. The minimum Gasteiger partial charge on any atom is -0.488 e. The van der Waals surface area contributed by atoms with Crippen LogP contribution in [0.15, 0.2) is 112 Å². The van der Waals surface area contributed by atoms with Gasteiger partial charge in [0.1, 0.15) is 18.4 Å². The SMILES string of the molecule is CCOC(=O)C1=C(C)N=c2s/c(=C\c3c(OCc4ccccc4)ccc4ccccc34)c(=O)n2[C@H]1c1ccccc1Cl. The second kappa shape index (κ2) is 11.8. The highest BCUT2D eigenvalue weighted by atomic mass is 35.5. The molecule has 0 bridgehead atoms. The van der Waals surface area contributed by atoms with Crippen LogP contribution in [0.5, 0.6) is 5.75 Å². The van der Waals surface area contributed by atoms with Crippen LogP contribution in [0.3, 0.4) is 0 Å². The lowest BCUT2D eigenvalue weighted by molar-refractivity contribution is -0.139. The average Bonchev–Trinajstić information content (AvgIpc) is 3.31. The summed E-state index contributed by atoms with van der Waals surface area (Å²) in [6, 6.07) is 28.3. The third kappa shape index (κ3) is 5.17. The van der Waals surface area contributed by atoms with Crippen LogP contribution < -0.4 is 19.6 Å². The van der Waals surface area contributed by atoms with Gasteiger partial charge in [-0.15, -0.1) is 0 Å². The molecule has 0 amide bonds. The number of benzene rings is 4. The van der Waals surface area contributed by atoms with Crippen LogP contribution in [0.4, 0.5) is 0 Å². The fourth-order valence-corrected chi connectivity index (χ4v) is 6.47. The summed E-state index contributed by atoms with van der Waals surface area (Å²) in [6.07, 6.45) is 1.86. The van der Waals surface area contributed by atoms with Gasteiger partial charge in [0.25, 0.3) is 5.56 Å². The molecule has 1 aliphatic heterocycles. The van der Waals surface area contributed by atoms with Gasteiger partial charge in [0, 0.05) is 10.6 Å². The Kier molecular flexibility index (Phi) is 7.78. The number of hydrogen-bond donors (Lipinski definition) is 0. The van der Waals surface area contributed by atoms with Gasteiger partial charge < -0.3 is 9.47 Å². The molecule has 5 aromatic rings. The van der Waals surface area contributed by atoms with Gasteiger partial charge in [0.15, 0.2) is 4.80 Å². The zero-order valence-corrected chi connectivity index (χ0v) is 24.6. The molecule has 8 heteroatoms. The molecule has 1 aliphatic rings. The summed E-state index contributed by atoms with van der Waals surface area (Å²) in [6.45, 7) is 4.08. The third-order valence-corrected chi connectivity index (χ3v) is 8.49. The minimum absolute atomic E-state index is 0.197. The van der Waals surface area contributed by atoms with Gasteiger partial charge in [0.05, 0.1) is 22.4 Å². The molecule has 1 aromatic heterocycles. The van der Waals surface area contributed by atoms with Crippen LogP contribution in [0.1, 0.15) is 36.6 Å². The highest BCUT2D eigenvalue weighted by molar-refractivity contribution is 7.07. The first-order valence-corrected chi connectivity index (χ1v) is 14.8. The van der Waals surface area contributed by atoms with Crippen molar-refractivity contribution >= 4 is 45.8 Å². The number of ether oxygens (including phenoxy) is 2. The van der Waals surface area contributed by atoms with E-state index < -0.39 is 12.0 Å². The predicted octanol–water partition coefficient (Wildman–Crippen LogP) is 6.18. The summed E-state index contributed by atoms with van der Waals surface area (Å²) in [5.74, 6) is 0.137. The van der Waals surface area contributed by atoms with Crippen molar-refractivity contribution in [1.29, 1.82) is 0 Å².